The lowest BCUT2D eigenvalue weighted by atomic mass is 10.2. The number of pyridine rings is 1. The summed E-state index contributed by atoms with van der Waals surface area (Å²) in [5, 5.41) is 0.536. The van der Waals surface area contributed by atoms with Gasteiger partial charge in [-0.05, 0) is 23.8 Å². The van der Waals surface area contributed by atoms with Gasteiger partial charge in [0, 0.05) is 23.9 Å². The van der Waals surface area contributed by atoms with Crippen LogP contribution in [0.4, 0.5) is 8.78 Å². The second-order valence-electron chi connectivity index (χ2n) is 5.26. The van der Waals surface area contributed by atoms with E-state index in [9.17, 15) is 13.6 Å². The maximum absolute atomic E-state index is 12.4. The highest BCUT2D eigenvalue weighted by Crippen LogP contribution is 2.30. The SMILES string of the molecule is O=C1c2ccnc(Cl)c2CN1Cc1ccc(OCC(F)F)c(Cl)c1. The van der Waals surface area contributed by atoms with Gasteiger partial charge in [-0.25, -0.2) is 13.8 Å². The number of fused-ring (bicyclic) bond motifs is 1. The molecular formula is C16H12Cl2F2N2O2. The number of nitrogens with zero attached hydrogens (tertiary/aromatic N) is 2. The Labute approximate surface area is 146 Å². The van der Waals surface area contributed by atoms with Crippen molar-refractivity contribution in [1.82, 2.24) is 9.88 Å². The summed E-state index contributed by atoms with van der Waals surface area (Å²) in [6.45, 7) is -0.0364. The van der Waals surface area contributed by atoms with Gasteiger partial charge in [-0.2, -0.15) is 0 Å². The third-order valence-corrected chi connectivity index (χ3v) is 4.23. The highest BCUT2D eigenvalue weighted by atomic mass is 35.5. The van der Waals surface area contributed by atoms with E-state index in [1.165, 1.54) is 12.3 Å². The minimum atomic E-state index is -2.57. The second kappa shape index (κ2) is 6.91. The van der Waals surface area contributed by atoms with Gasteiger partial charge in [-0.3, -0.25) is 4.79 Å². The molecular weight excluding hydrogens is 361 g/mol. The normalized spacial score (nSPS) is 13.5. The first kappa shape index (κ1) is 16.9. The molecule has 0 unspecified atom stereocenters. The Kier molecular flexibility index (Phi) is 4.87. The van der Waals surface area contributed by atoms with Gasteiger partial charge in [0.1, 0.15) is 17.5 Å². The van der Waals surface area contributed by atoms with Crippen molar-refractivity contribution in [2.75, 3.05) is 6.61 Å². The Morgan fingerprint density at radius 2 is 2.08 bits per heavy atom. The Hall–Kier alpha value is -1.92. The predicted molar refractivity (Wildman–Crippen MR) is 85.8 cm³/mol. The molecule has 0 radical (unpaired) electrons. The van der Waals surface area contributed by atoms with E-state index in [0.29, 0.717) is 29.4 Å². The van der Waals surface area contributed by atoms with Crippen LogP contribution in [0.25, 0.3) is 0 Å². The molecule has 8 heteroatoms. The molecule has 3 rings (SSSR count). The minimum absolute atomic E-state index is 0.136. The highest BCUT2D eigenvalue weighted by molar-refractivity contribution is 6.32. The largest absolute Gasteiger partial charge is 0.486 e. The first-order chi connectivity index (χ1) is 11.5. The Bertz CT molecular complexity index is 787. The zero-order valence-electron chi connectivity index (χ0n) is 12.3. The highest BCUT2D eigenvalue weighted by Gasteiger charge is 2.29. The summed E-state index contributed by atoms with van der Waals surface area (Å²) in [6, 6.07) is 6.43. The maximum atomic E-state index is 12.4. The van der Waals surface area contributed by atoms with Crippen molar-refractivity contribution >= 4 is 29.1 Å². The number of rotatable bonds is 5. The third kappa shape index (κ3) is 3.44. The number of hydrogen-bond acceptors (Lipinski definition) is 3. The maximum Gasteiger partial charge on any atom is 0.272 e. The lowest BCUT2D eigenvalue weighted by molar-refractivity contribution is 0.0765. The predicted octanol–water partition coefficient (Wildman–Crippen LogP) is 4.19. The molecule has 0 saturated heterocycles. The molecule has 1 aromatic carbocycles. The summed E-state index contributed by atoms with van der Waals surface area (Å²) in [5.41, 5.74) is 2.00. The van der Waals surface area contributed by atoms with Crippen LogP contribution in [0.2, 0.25) is 10.2 Å². The van der Waals surface area contributed by atoms with Crippen LogP contribution in [-0.4, -0.2) is 28.8 Å². The Morgan fingerprint density at radius 3 is 2.75 bits per heavy atom. The zero-order chi connectivity index (χ0) is 17.3. The van der Waals surface area contributed by atoms with Gasteiger partial charge in [-0.15, -0.1) is 0 Å². The molecule has 0 aliphatic carbocycles. The molecule has 1 aliphatic heterocycles. The fourth-order valence-corrected chi connectivity index (χ4v) is 2.99. The fourth-order valence-electron chi connectivity index (χ4n) is 2.51. The van der Waals surface area contributed by atoms with Crippen molar-refractivity contribution in [3.63, 3.8) is 0 Å². The number of carbonyl (C=O) groups excluding carboxylic acids is 1. The molecule has 0 fully saturated rings. The first-order valence-corrected chi connectivity index (χ1v) is 7.83. The number of carbonyl (C=O) groups is 1. The monoisotopic (exact) mass is 372 g/mol. The van der Waals surface area contributed by atoms with Gasteiger partial charge in [0.2, 0.25) is 0 Å². The number of amides is 1. The topological polar surface area (TPSA) is 42.4 Å². The summed E-state index contributed by atoms with van der Waals surface area (Å²) in [4.78, 5) is 18.0. The van der Waals surface area contributed by atoms with E-state index in [2.05, 4.69) is 4.98 Å². The van der Waals surface area contributed by atoms with Crippen molar-refractivity contribution in [1.29, 1.82) is 0 Å². The Morgan fingerprint density at radius 1 is 1.29 bits per heavy atom. The van der Waals surface area contributed by atoms with Crippen LogP contribution in [0.1, 0.15) is 21.5 Å². The quantitative estimate of drug-likeness (QED) is 0.739. The zero-order valence-corrected chi connectivity index (χ0v) is 13.8. The summed E-state index contributed by atoms with van der Waals surface area (Å²) < 4.78 is 29.3. The summed E-state index contributed by atoms with van der Waals surface area (Å²) >= 11 is 12.1. The van der Waals surface area contributed by atoms with Crippen LogP contribution in [0, 0.1) is 0 Å². The van der Waals surface area contributed by atoms with E-state index < -0.39 is 13.0 Å². The molecule has 126 valence electrons. The van der Waals surface area contributed by atoms with Crippen molar-refractivity contribution in [3.8, 4) is 5.75 Å². The molecule has 0 bridgehead atoms. The molecule has 2 aromatic rings. The van der Waals surface area contributed by atoms with Crippen molar-refractivity contribution in [2.24, 2.45) is 0 Å². The fraction of sp³-hybridized carbons (Fsp3) is 0.250. The molecule has 1 aliphatic rings. The summed E-state index contributed by atoms with van der Waals surface area (Å²) in [7, 11) is 0. The van der Waals surface area contributed by atoms with E-state index >= 15 is 0 Å². The first-order valence-electron chi connectivity index (χ1n) is 7.07. The van der Waals surface area contributed by atoms with E-state index in [-0.39, 0.29) is 16.7 Å². The average molecular weight is 373 g/mol. The lowest BCUT2D eigenvalue weighted by Crippen LogP contribution is -2.23. The molecule has 0 N–H and O–H groups in total. The number of halogens is 4. The second-order valence-corrected chi connectivity index (χ2v) is 6.02. The molecule has 0 saturated carbocycles. The number of hydrogen-bond donors (Lipinski definition) is 0. The van der Waals surface area contributed by atoms with Gasteiger partial charge in [0.15, 0.2) is 0 Å². The van der Waals surface area contributed by atoms with Gasteiger partial charge in [0.05, 0.1) is 11.6 Å². The lowest BCUT2D eigenvalue weighted by Gasteiger charge is -2.16. The van der Waals surface area contributed by atoms with E-state index in [1.807, 2.05) is 0 Å². The number of ether oxygens (including phenoxy) is 1. The van der Waals surface area contributed by atoms with Crippen molar-refractivity contribution in [2.45, 2.75) is 19.5 Å². The summed E-state index contributed by atoms with van der Waals surface area (Å²) in [5.74, 6) is 0.0486. The molecule has 1 amide bonds. The van der Waals surface area contributed by atoms with Crippen LogP contribution in [0.15, 0.2) is 30.5 Å². The van der Waals surface area contributed by atoms with Crippen molar-refractivity contribution < 1.29 is 18.3 Å². The molecule has 1 aromatic heterocycles. The molecule has 0 spiro atoms. The number of aromatic nitrogens is 1. The molecule has 0 atom stereocenters. The van der Waals surface area contributed by atoms with Crippen molar-refractivity contribution in [3.05, 3.63) is 57.3 Å². The van der Waals surface area contributed by atoms with Crippen LogP contribution < -0.4 is 4.74 Å². The molecule has 4 nitrogen and oxygen atoms in total. The van der Waals surface area contributed by atoms with Gasteiger partial charge < -0.3 is 9.64 Å². The van der Waals surface area contributed by atoms with Crippen LogP contribution in [0.3, 0.4) is 0 Å². The third-order valence-electron chi connectivity index (χ3n) is 3.60. The van der Waals surface area contributed by atoms with Gasteiger partial charge >= 0.3 is 0 Å². The number of alkyl halides is 2. The minimum Gasteiger partial charge on any atom is -0.486 e. The van der Waals surface area contributed by atoms with E-state index in [0.717, 1.165) is 5.56 Å². The average Bonchev–Trinajstić information content (AvgIpc) is 2.85. The standard InChI is InChI=1S/C16H12Cl2F2N2O2/c17-12-5-9(1-2-13(12)24-8-14(19)20)6-22-7-11-10(16(22)23)3-4-21-15(11)18/h1-5,14H,6-8H2. The smallest absolute Gasteiger partial charge is 0.272 e. The van der Waals surface area contributed by atoms with Crippen LogP contribution in [0.5, 0.6) is 5.75 Å². The van der Waals surface area contributed by atoms with E-state index in [4.69, 9.17) is 27.9 Å². The summed E-state index contributed by atoms with van der Waals surface area (Å²) in [6.07, 6.45) is -1.07. The van der Waals surface area contributed by atoms with Gasteiger partial charge in [-0.1, -0.05) is 29.3 Å². The molecule has 2 heterocycles. The van der Waals surface area contributed by atoms with Crippen LogP contribution >= 0.6 is 23.2 Å². The molecule has 24 heavy (non-hydrogen) atoms. The van der Waals surface area contributed by atoms with E-state index in [1.54, 1.807) is 23.1 Å². The number of benzene rings is 1. The van der Waals surface area contributed by atoms with Gasteiger partial charge in [0.25, 0.3) is 12.3 Å². The van der Waals surface area contributed by atoms with Crippen LogP contribution in [-0.2, 0) is 13.1 Å². The Balaban J connectivity index is 1.72.